The van der Waals surface area contributed by atoms with Gasteiger partial charge in [-0.2, -0.15) is 0 Å². The van der Waals surface area contributed by atoms with Crippen molar-refractivity contribution in [2.24, 2.45) is 0 Å². The second-order valence-corrected chi connectivity index (χ2v) is 7.40. The molecule has 6 rings (SSSR count). The summed E-state index contributed by atoms with van der Waals surface area (Å²) >= 11 is 0. The van der Waals surface area contributed by atoms with Gasteiger partial charge in [0.15, 0.2) is 0 Å². The van der Waals surface area contributed by atoms with Gasteiger partial charge in [-0.15, -0.1) is 0 Å². The lowest BCUT2D eigenvalue weighted by Crippen LogP contribution is -2.33. The number of pyridine rings is 1. The molecule has 2 aromatic heterocycles. The van der Waals surface area contributed by atoms with E-state index in [1.165, 1.54) is 4.90 Å². The van der Waals surface area contributed by atoms with Crippen molar-refractivity contribution >= 4 is 22.8 Å². The fourth-order valence-corrected chi connectivity index (χ4v) is 4.57. The molecule has 6 nitrogen and oxygen atoms in total. The van der Waals surface area contributed by atoms with Crippen LogP contribution in [0.2, 0.25) is 0 Å². The van der Waals surface area contributed by atoms with E-state index in [4.69, 9.17) is 4.98 Å². The van der Waals surface area contributed by atoms with Gasteiger partial charge in [0.25, 0.3) is 0 Å². The van der Waals surface area contributed by atoms with Crippen LogP contribution in [0.4, 0.5) is 0 Å². The summed E-state index contributed by atoms with van der Waals surface area (Å²) in [6, 6.07) is 15.5. The van der Waals surface area contributed by atoms with E-state index >= 15 is 0 Å². The number of hydrogen-bond acceptors (Lipinski definition) is 4. The third-order valence-electron chi connectivity index (χ3n) is 5.80. The van der Waals surface area contributed by atoms with Gasteiger partial charge in [-0.1, -0.05) is 42.5 Å². The summed E-state index contributed by atoms with van der Waals surface area (Å²) in [7, 11) is 0. The Labute approximate surface area is 166 Å². The fraction of sp³-hybridized carbons (Fsp3) is 0.130. The van der Waals surface area contributed by atoms with E-state index in [1.807, 2.05) is 48.5 Å². The van der Waals surface area contributed by atoms with Gasteiger partial charge < -0.3 is 4.98 Å². The first-order valence-corrected chi connectivity index (χ1v) is 9.59. The summed E-state index contributed by atoms with van der Waals surface area (Å²) in [6.45, 7) is 0. The number of aromatic nitrogens is 3. The molecule has 3 heterocycles. The van der Waals surface area contributed by atoms with E-state index in [2.05, 4.69) is 9.97 Å². The van der Waals surface area contributed by atoms with Gasteiger partial charge in [-0.25, -0.2) is 4.98 Å². The number of nitrogens with zero attached hydrogens (tertiary/aromatic N) is 3. The minimum absolute atomic E-state index is 0.108. The molecule has 1 atom stereocenters. The molecule has 0 spiro atoms. The Hall–Kier alpha value is -3.80. The van der Waals surface area contributed by atoms with Gasteiger partial charge in [-0.05, 0) is 28.3 Å². The van der Waals surface area contributed by atoms with Crippen molar-refractivity contribution < 1.29 is 9.59 Å². The maximum absolute atomic E-state index is 12.5. The highest BCUT2D eigenvalue weighted by Crippen LogP contribution is 2.50. The molecule has 29 heavy (non-hydrogen) atoms. The predicted octanol–water partition coefficient (Wildman–Crippen LogP) is 3.84. The lowest BCUT2D eigenvalue weighted by Gasteiger charge is -2.24. The molecule has 6 heteroatoms. The van der Waals surface area contributed by atoms with Gasteiger partial charge in [0, 0.05) is 24.6 Å². The number of carbonyl (C=O) groups excluding carboxylic acids is 2. The zero-order chi connectivity index (χ0) is 19.5. The number of H-pyrrole nitrogens is 1. The highest BCUT2D eigenvalue weighted by atomic mass is 16.2. The number of carbonyl (C=O) groups is 2. The lowest BCUT2D eigenvalue weighted by molar-refractivity contribution is -0.140. The monoisotopic (exact) mass is 380 g/mol. The summed E-state index contributed by atoms with van der Waals surface area (Å²) in [5.41, 5.74) is 6.67. The second-order valence-electron chi connectivity index (χ2n) is 7.40. The van der Waals surface area contributed by atoms with Crippen molar-refractivity contribution in [2.45, 2.75) is 18.9 Å². The first-order chi connectivity index (χ1) is 14.2. The number of benzene rings is 2. The fourth-order valence-electron chi connectivity index (χ4n) is 4.57. The highest BCUT2D eigenvalue weighted by Gasteiger charge is 2.42. The van der Waals surface area contributed by atoms with Gasteiger partial charge >= 0.3 is 0 Å². The van der Waals surface area contributed by atoms with Gasteiger partial charge in [0.05, 0.1) is 23.3 Å². The van der Waals surface area contributed by atoms with Crippen LogP contribution in [0.15, 0.2) is 60.9 Å². The van der Waals surface area contributed by atoms with Crippen molar-refractivity contribution in [2.75, 3.05) is 0 Å². The Balaban J connectivity index is 1.61. The summed E-state index contributed by atoms with van der Waals surface area (Å²) in [4.78, 5) is 38.8. The summed E-state index contributed by atoms with van der Waals surface area (Å²) in [5.74, 6) is 0.533. The average Bonchev–Trinajstić information content (AvgIpc) is 3.41. The topological polar surface area (TPSA) is 79.0 Å². The maximum Gasteiger partial charge on any atom is 0.230 e. The third-order valence-corrected chi connectivity index (χ3v) is 5.80. The van der Waals surface area contributed by atoms with E-state index in [0.29, 0.717) is 0 Å². The van der Waals surface area contributed by atoms with Crippen LogP contribution in [0.3, 0.4) is 0 Å². The van der Waals surface area contributed by atoms with Crippen LogP contribution < -0.4 is 0 Å². The molecule has 1 aliphatic carbocycles. The van der Waals surface area contributed by atoms with Crippen LogP contribution in [0.5, 0.6) is 0 Å². The van der Waals surface area contributed by atoms with Crippen LogP contribution in [0, 0.1) is 0 Å². The molecule has 1 unspecified atom stereocenters. The average molecular weight is 380 g/mol. The number of imidazole rings is 1. The smallest absolute Gasteiger partial charge is 0.230 e. The molecule has 2 aromatic carbocycles. The van der Waals surface area contributed by atoms with Gasteiger partial charge in [0.1, 0.15) is 5.82 Å². The van der Waals surface area contributed by atoms with Crippen LogP contribution in [0.1, 0.15) is 30.0 Å². The largest absolute Gasteiger partial charge is 0.337 e. The highest BCUT2D eigenvalue weighted by molar-refractivity contribution is 6.04. The number of fused-ring (bicyclic) bond motifs is 4. The van der Waals surface area contributed by atoms with Gasteiger partial charge in [0.2, 0.25) is 11.8 Å². The molecule has 0 radical (unpaired) electrons. The van der Waals surface area contributed by atoms with Crippen molar-refractivity contribution in [3.63, 3.8) is 0 Å². The molecule has 2 aliphatic rings. The minimum Gasteiger partial charge on any atom is -0.337 e. The number of likely N-dealkylation sites (tertiary alicyclic amines) is 1. The molecule has 1 N–H and O–H groups in total. The van der Waals surface area contributed by atoms with E-state index in [9.17, 15) is 9.59 Å². The zero-order valence-corrected chi connectivity index (χ0v) is 15.4. The first-order valence-electron chi connectivity index (χ1n) is 9.59. The Morgan fingerprint density at radius 2 is 1.66 bits per heavy atom. The van der Waals surface area contributed by atoms with E-state index < -0.39 is 0 Å². The molecule has 2 amide bonds. The van der Waals surface area contributed by atoms with Crippen LogP contribution in [0.25, 0.3) is 33.5 Å². The normalized spacial score (nSPS) is 17.8. The molecule has 4 aromatic rings. The number of rotatable bonds is 2. The third kappa shape index (κ3) is 2.23. The van der Waals surface area contributed by atoms with Crippen molar-refractivity contribution in [1.82, 2.24) is 19.9 Å². The molecular formula is C23H16N4O2. The summed E-state index contributed by atoms with van der Waals surface area (Å²) in [5, 5.41) is 0. The van der Waals surface area contributed by atoms with Gasteiger partial charge in [-0.3, -0.25) is 19.5 Å². The second kappa shape index (κ2) is 5.85. The minimum atomic E-state index is -0.380. The first kappa shape index (κ1) is 16.2. The van der Waals surface area contributed by atoms with Crippen LogP contribution >= 0.6 is 0 Å². The SMILES string of the molecule is O=C1CCC(=O)N1C1c2ccccc2-c2c(-c3nc4ccncc4[nH]3)cccc21. The summed E-state index contributed by atoms with van der Waals surface area (Å²) in [6.07, 6.45) is 4.04. The van der Waals surface area contributed by atoms with Crippen molar-refractivity contribution in [3.8, 4) is 22.5 Å². The van der Waals surface area contributed by atoms with E-state index in [-0.39, 0.29) is 30.7 Å². The van der Waals surface area contributed by atoms with E-state index in [1.54, 1.807) is 12.4 Å². The van der Waals surface area contributed by atoms with Crippen LogP contribution in [-0.2, 0) is 9.59 Å². The maximum atomic E-state index is 12.5. The number of aromatic amines is 1. The van der Waals surface area contributed by atoms with Crippen molar-refractivity contribution in [1.29, 1.82) is 0 Å². The summed E-state index contributed by atoms with van der Waals surface area (Å²) < 4.78 is 0. The Morgan fingerprint density at radius 1 is 0.897 bits per heavy atom. The standard InChI is InChI=1S/C23H16N4O2/c28-19-8-9-20(29)27(19)22-14-5-2-1-4-13(14)21-15(22)6-3-7-16(21)23-25-17-10-11-24-12-18(17)26-23/h1-7,10-12,22H,8-9H2,(H,25,26). The Bertz CT molecular complexity index is 1270. The number of imide groups is 1. The zero-order valence-electron chi connectivity index (χ0n) is 15.4. The number of nitrogens with one attached hydrogen (secondary N) is 1. The molecule has 1 fully saturated rings. The Kier molecular flexibility index (Phi) is 3.26. The number of amides is 2. The molecule has 0 bridgehead atoms. The van der Waals surface area contributed by atoms with E-state index in [0.717, 1.165) is 44.7 Å². The van der Waals surface area contributed by atoms with Crippen molar-refractivity contribution in [3.05, 3.63) is 72.1 Å². The molecule has 140 valence electrons. The predicted molar refractivity (Wildman–Crippen MR) is 108 cm³/mol. The lowest BCUT2D eigenvalue weighted by atomic mass is 9.98. The Morgan fingerprint density at radius 3 is 2.48 bits per heavy atom. The van der Waals surface area contributed by atoms with Crippen LogP contribution in [-0.4, -0.2) is 31.7 Å². The number of hydrogen-bond donors (Lipinski definition) is 1. The molecule has 1 aliphatic heterocycles. The molecule has 0 saturated carbocycles. The molecular weight excluding hydrogens is 364 g/mol. The quantitative estimate of drug-likeness (QED) is 0.536. The molecule has 1 saturated heterocycles.